The Morgan fingerprint density at radius 2 is 1.82 bits per heavy atom. The van der Waals surface area contributed by atoms with Crippen molar-refractivity contribution in [3.8, 4) is 16.9 Å². The van der Waals surface area contributed by atoms with Gasteiger partial charge in [-0.1, -0.05) is 88.7 Å². The van der Waals surface area contributed by atoms with Crippen molar-refractivity contribution in [2.24, 2.45) is 11.3 Å². The first kappa shape index (κ1) is 27.9. The van der Waals surface area contributed by atoms with E-state index in [0.29, 0.717) is 5.56 Å². The summed E-state index contributed by atoms with van der Waals surface area (Å²) >= 11 is 0. The Morgan fingerprint density at radius 3 is 2.50 bits per heavy atom. The maximum absolute atomic E-state index is 15.5. The molecule has 0 amide bonds. The number of hydrogen-bond acceptors (Lipinski definition) is 2. The van der Waals surface area contributed by atoms with E-state index in [1.807, 2.05) is 0 Å². The molecule has 0 heterocycles. The highest BCUT2D eigenvalue weighted by Gasteiger charge is 2.35. The van der Waals surface area contributed by atoms with Crippen LogP contribution in [-0.4, -0.2) is 11.1 Å². The van der Waals surface area contributed by atoms with Gasteiger partial charge in [0.1, 0.15) is 6.61 Å². The van der Waals surface area contributed by atoms with Crippen LogP contribution in [0.3, 0.4) is 0 Å². The third-order valence-electron chi connectivity index (χ3n) is 7.78. The molecule has 3 nitrogen and oxygen atoms in total. The second kappa shape index (κ2) is 12.1. The van der Waals surface area contributed by atoms with Gasteiger partial charge in [-0.15, -0.1) is 0 Å². The second-order valence-corrected chi connectivity index (χ2v) is 11.6. The summed E-state index contributed by atoms with van der Waals surface area (Å²) in [7, 11) is 0. The normalized spacial score (nSPS) is 14.3. The summed E-state index contributed by atoms with van der Waals surface area (Å²) in [6, 6.07) is 20.3. The number of ether oxygens (including phenoxy) is 1. The molecule has 38 heavy (non-hydrogen) atoms. The van der Waals surface area contributed by atoms with Crippen molar-refractivity contribution in [2.75, 3.05) is 0 Å². The van der Waals surface area contributed by atoms with Crippen LogP contribution in [0, 0.1) is 17.2 Å². The third-order valence-corrected chi connectivity index (χ3v) is 7.78. The van der Waals surface area contributed by atoms with Gasteiger partial charge in [-0.25, -0.2) is 4.39 Å². The minimum Gasteiger partial charge on any atom is -0.486 e. The Balaban J connectivity index is 1.60. The van der Waals surface area contributed by atoms with Crippen molar-refractivity contribution in [1.29, 1.82) is 0 Å². The quantitative estimate of drug-likeness (QED) is 0.247. The molecule has 1 fully saturated rings. The predicted molar refractivity (Wildman–Crippen MR) is 152 cm³/mol. The first-order chi connectivity index (χ1) is 18.2. The summed E-state index contributed by atoms with van der Waals surface area (Å²) in [4.78, 5) is 11.4. The summed E-state index contributed by atoms with van der Waals surface area (Å²) in [5.41, 5.74) is 6.68. The molecule has 4 heteroatoms. The van der Waals surface area contributed by atoms with Crippen LogP contribution < -0.4 is 4.74 Å². The zero-order valence-electron chi connectivity index (χ0n) is 23.2. The van der Waals surface area contributed by atoms with Crippen LogP contribution in [-0.2, 0) is 24.2 Å². The SMILES string of the molecule is CCCC(C)(C)Cc1cc(COc2cccc(C(CC(=O)O)C3CC3)c2F)ccc1-c1cccc(CC)c1. The van der Waals surface area contributed by atoms with Crippen LogP contribution in [0.2, 0.25) is 0 Å². The summed E-state index contributed by atoms with van der Waals surface area (Å²) in [6.07, 6.45) is 6.06. The van der Waals surface area contributed by atoms with Crippen LogP contribution >= 0.6 is 0 Å². The summed E-state index contributed by atoms with van der Waals surface area (Å²) in [6.45, 7) is 9.29. The van der Waals surface area contributed by atoms with Crippen molar-refractivity contribution >= 4 is 5.97 Å². The molecule has 0 radical (unpaired) electrons. The van der Waals surface area contributed by atoms with E-state index in [1.165, 1.54) is 22.3 Å². The van der Waals surface area contributed by atoms with Gasteiger partial charge in [-0.05, 0) is 82.9 Å². The smallest absolute Gasteiger partial charge is 0.303 e. The molecule has 0 spiro atoms. The summed E-state index contributed by atoms with van der Waals surface area (Å²) in [5, 5.41) is 9.35. The van der Waals surface area contributed by atoms with Gasteiger partial charge < -0.3 is 9.84 Å². The van der Waals surface area contributed by atoms with Crippen molar-refractivity contribution in [3.63, 3.8) is 0 Å². The fourth-order valence-corrected chi connectivity index (χ4v) is 5.71. The van der Waals surface area contributed by atoms with Crippen LogP contribution in [0.4, 0.5) is 4.39 Å². The van der Waals surface area contributed by atoms with E-state index in [2.05, 4.69) is 70.2 Å². The van der Waals surface area contributed by atoms with Gasteiger partial charge in [0.15, 0.2) is 11.6 Å². The Bertz CT molecular complexity index is 1260. The highest BCUT2D eigenvalue weighted by atomic mass is 19.1. The monoisotopic (exact) mass is 516 g/mol. The van der Waals surface area contributed by atoms with Crippen molar-refractivity contribution in [2.45, 2.75) is 85.2 Å². The Kier molecular flexibility index (Phi) is 8.91. The van der Waals surface area contributed by atoms with Gasteiger partial charge >= 0.3 is 5.97 Å². The Morgan fingerprint density at radius 1 is 1.05 bits per heavy atom. The highest BCUT2D eigenvalue weighted by Crippen LogP contribution is 2.46. The van der Waals surface area contributed by atoms with Gasteiger partial charge in [0, 0.05) is 5.92 Å². The maximum Gasteiger partial charge on any atom is 0.303 e. The fraction of sp³-hybridized carbons (Fsp3) is 0.441. The minimum absolute atomic E-state index is 0.0529. The lowest BCUT2D eigenvalue weighted by atomic mass is 9.79. The van der Waals surface area contributed by atoms with Gasteiger partial charge in [0.25, 0.3) is 0 Å². The molecule has 0 saturated heterocycles. The number of carboxylic acids is 1. The van der Waals surface area contributed by atoms with Crippen LogP contribution in [0.15, 0.2) is 60.7 Å². The molecule has 1 unspecified atom stereocenters. The van der Waals surface area contributed by atoms with Crippen LogP contribution in [0.25, 0.3) is 11.1 Å². The molecule has 1 atom stereocenters. The Labute approximate surface area is 227 Å². The van der Waals surface area contributed by atoms with Gasteiger partial charge in [0.05, 0.1) is 6.42 Å². The van der Waals surface area contributed by atoms with Crippen molar-refractivity contribution < 1.29 is 19.0 Å². The standard InChI is InChI=1S/C34H41FO3/c1-5-17-34(3,4)21-27-19-24(13-16-28(27)26-10-7-9-23(6-2)18-26)22-38-31-12-8-11-29(33(31)35)30(20-32(36)37)25-14-15-25/h7-13,16,18-19,25,30H,5-6,14-15,17,20-22H2,1-4H3,(H,36,37). The predicted octanol–water partition coefficient (Wildman–Crippen LogP) is 8.97. The number of aryl methyl sites for hydroxylation is 1. The second-order valence-electron chi connectivity index (χ2n) is 11.6. The topological polar surface area (TPSA) is 46.5 Å². The zero-order chi connectivity index (χ0) is 27.3. The van der Waals surface area contributed by atoms with Crippen molar-refractivity contribution in [3.05, 3.63) is 88.7 Å². The lowest BCUT2D eigenvalue weighted by molar-refractivity contribution is -0.137. The summed E-state index contributed by atoms with van der Waals surface area (Å²) < 4.78 is 21.5. The molecule has 4 rings (SSSR count). The first-order valence-corrected chi connectivity index (χ1v) is 14.0. The van der Waals surface area contributed by atoms with E-state index in [-0.39, 0.29) is 36.0 Å². The molecule has 3 aromatic rings. The van der Waals surface area contributed by atoms with E-state index in [9.17, 15) is 9.90 Å². The number of halogens is 1. The number of carboxylic acid groups (broad SMARTS) is 1. The number of benzene rings is 3. The number of aliphatic carboxylic acids is 1. The van der Waals surface area contributed by atoms with Gasteiger partial charge in [0.2, 0.25) is 0 Å². The van der Waals surface area contributed by atoms with Crippen LogP contribution in [0.1, 0.15) is 88.0 Å². The molecule has 1 saturated carbocycles. The van der Waals surface area contributed by atoms with Crippen molar-refractivity contribution in [1.82, 2.24) is 0 Å². The number of carbonyl (C=O) groups is 1. The average Bonchev–Trinajstić information content (AvgIpc) is 3.72. The van der Waals surface area contributed by atoms with E-state index in [1.54, 1.807) is 18.2 Å². The van der Waals surface area contributed by atoms with E-state index < -0.39 is 11.8 Å². The molecule has 3 aromatic carbocycles. The lowest BCUT2D eigenvalue weighted by Crippen LogP contribution is -2.15. The fourth-order valence-electron chi connectivity index (χ4n) is 5.71. The van der Waals surface area contributed by atoms with E-state index in [0.717, 1.165) is 44.1 Å². The van der Waals surface area contributed by atoms with Crippen LogP contribution in [0.5, 0.6) is 5.75 Å². The number of hydrogen-bond donors (Lipinski definition) is 1. The number of rotatable bonds is 13. The molecule has 0 bridgehead atoms. The highest BCUT2D eigenvalue weighted by molar-refractivity contribution is 5.69. The van der Waals surface area contributed by atoms with Gasteiger partial charge in [-0.2, -0.15) is 0 Å². The lowest BCUT2D eigenvalue weighted by Gasteiger charge is -2.26. The zero-order valence-corrected chi connectivity index (χ0v) is 23.2. The average molecular weight is 517 g/mol. The minimum atomic E-state index is -0.893. The molecule has 0 aliphatic heterocycles. The molecule has 0 aromatic heterocycles. The first-order valence-electron chi connectivity index (χ1n) is 14.0. The molecule has 1 aliphatic carbocycles. The van der Waals surface area contributed by atoms with E-state index in [4.69, 9.17) is 4.74 Å². The molecule has 1 N–H and O–H groups in total. The van der Waals surface area contributed by atoms with Gasteiger partial charge in [-0.3, -0.25) is 4.79 Å². The Hall–Kier alpha value is -3.14. The molecular formula is C34H41FO3. The van der Waals surface area contributed by atoms with E-state index >= 15 is 4.39 Å². The molecular weight excluding hydrogens is 475 g/mol. The third kappa shape index (κ3) is 7.03. The maximum atomic E-state index is 15.5. The molecule has 202 valence electrons. The summed E-state index contributed by atoms with van der Waals surface area (Å²) in [5.74, 6) is -1.20. The molecule has 1 aliphatic rings. The largest absolute Gasteiger partial charge is 0.486 e.